The van der Waals surface area contributed by atoms with E-state index in [9.17, 15) is 0 Å². The molecule has 1 unspecified atom stereocenters. The summed E-state index contributed by atoms with van der Waals surface area (Å²) in [7, 11) is -1.23. The Morgan fingerprint density at radius 3 is 2.55 bits per heavy atom. The lowest BCUT2D eigenvalue weighted by Crippen LogP contribution is -2.28. The van der Waals surface area contributed by atoms with Gasteiger partial charge in [0, 0.05) is 12.4 Å². The predicted molar refractivity (Wildman–Crippen MR) is 88.4 cm³/mol. The van der Waals surface area contributed by atoms with Gasteiger partial charge in [-0.3, -0.25) is 4.98 Å². The molecule has 1 aromatic carbocycles. The van der Waals surface area contributed by atoms with E-state index in [0.29, 0.717) is 5.54 Å². The molecule has 1 aromatic heterocycles. The molecule has 102 valence electrons. The number of nitrogens with zero attached hydrogens (tertiary/aromatic N) is 1. The summed E-state index contributed by atoms with van der Waals surface area (Å²) >= 11 is 0. The van der Waals surface area contributed by atoms with Crippen LogP contribution in [0.2, 0.25) is 19.6 Å². The first kappa shape index (κ1) is 13.3. The van der Waals surface area contributed by atoms with Crippen LogP contribution >= 0.6 is 0 Å². The minimum absolute atomic E-state index is 0.644. The summed E-state index contributed by atoms with van der Waals surface area (Å²) in [5.41, 5.74) is 6.39. The van der Waals surface area contributed by atoms with Crippen LogP contribution in [0.3, 0.4) is 0 Å². The molecule has 1 nitrogen and oxygen atoms in total. The number of fused-ring (bicyclic) bond motifs is 1. The Hall–Kier alpha value is -1.67. The molecule has 3 rings (SSSR count). The van der Waals surface area contributed by atoms with Crippen LogP contribution in [0.25, 0.3) is 5.57 Å². The molecule has 1 heterocycles. The lowest BCUT2D eigenvalue weighted by Gasteiger charge is -2.24. The molecule has 2 heteroatoms. The fourth-order valence-electron chi connectivity index (χ4n) is 3.03. The smallest absolute Gasteiger partial charge is 0.0566 e. The van der Waals surface area contributed by atoms with Gasteiger partial charge in [-0.05, 0) is 40.3 Å². The highest BCUT2D eigenvalue weighted by Gasteiger charge is 2.32. The molecule has 0 radical (unpaired) electrons. The van der Waals surface area contributed by atoms with Crippen LogP contribution in [0.15, 0.2) is 54.9 Å². The van der Waals surface area contributed by atoms with Gasteiger partial charge in [0.1, 0.15) is 0 Å². The zero-order valence-corrected chi connectivity index (χ0v) is 13.4. The number of benzene rings is 1. The van der Waals surface area contributed by atoms with Gasteiger partial charge in [-0.1, -0.05) is 56.0 Å². The molecule has 2 aromatic rings. The third-order valence-corrected chi connectivity index (χ3v) is 6.40. The van der Waals surface area contributed by atoms with E-state index in [2.05, 4.69) is 61.0 Å². The van der Waals surface area contributed by atoms with Gasteiger partial charge >= 0.3 is 0 Å². The molecule has 1 aliphatic rings. The zero-order chi connectivity index (χ0) is 14.2. The lowest BCUT2D eigenvalue weighted by atomic mass is 10.0. The Labute approximate surface area is 122 Å². The van der Waals surface area contributed by atoms with Gasteiger partial charge in [-0.2, -0.15) is 0 Å². The van der Waals surface area contributed by atoms with E-state index >= 15 is 0 Å². The van der Waals surface area contributed by atoms with Crippen molar-refractivity contribution in [1.29, 1.82) is 0 Å². The standard InChI is InChI=1S/C18H21NSi/c1-20(2,3)18-12-15(11-14-7-6-10-19-13-14)16-8-4-5-9-17(16)18/h4-10,12-13,18H,11H2,1-3H3. The van der Waals surface area contributed by atoms with Gasteiger partial charge in [0.15, 0.2) is 0 Å². The number of aromatic nitrogens is 1. The Morgan fingerprint density at radius 1 is 1.05 bits per heavy atom. The van der Waals surface area contributed by atoms with Gasteiger partial charge in [0.25, 0.3) is 0 Å². The maximum absolute atomic E-state index is 4.23. The second-order valence-corrected chi connectivity index (χ2v) is 12.0. The molecular formula is C18H21NSi. The van der Waals surface area contributed by atoms with Gasteiger partial charge in [0.2, 0.25) is 0 Å². The van der Waals surface area contributed by atoms with Crippen LogP contribution in [-0.4, -0.2) is 13.1 Å². The third-order valence-electron chi connectivity index (χ3n) is 4.06. The average Bonchev–Trinajstić information content (AvgIpc) is 2.79. The highest BCUT2D eigenvalue weighted by molar-refractivity contribution is 6.78. The summed E-state index contributed by atoms with van der Waals surface area (Å²) in [5.74, 6) is 0. The number of hydrogen-bond acceptors (Lipinski definition) is 1. The summed E-state index contributed by atoms with van der Waals surface area (Å²) in [5, 5.41) is 0. The topological polar surface area (TPSA) is 12.9 Å². The quantitative estimate of drug-likeness (QED) is 0.743. The molecule has 0 bridgehead atoms. The first-order valence-corrected chi connectivity index (χ1v) is 10.8. The van der Waals surface area contributed by atoms with E-state index in [-0.39, 0.29) is 0 Å². The maximum atomic E-state index is 4.23. The van der Waals surface area contributed by atoms with Crippen LogP contribution in [-0.2, 0) is 6.42 Å². The van der Waals surface area contributed by atoms with Crippen LogP contribution in [0, 0.1) is 0 Å². The van der Waals surface area contributed by atoms with Crippen LogP contribution in [0.4, 0.5) is 0 Å². The molecular weight excluding hydrogens is 258 g/mol. The summed E-state index contributed by atoms with van der Waals surface area (Å²) in [4.78, 5) is 4.23. The lowest BCUT2D eigenvalue weighted by molar-refractivity contribution is 1.16. The maximum Gasteiger partial charge on any atom is 0.0566 e. The van der Waals surface area contributed by atoms with Gasteiger partial charge < -0.3 is 0 Å². The molecule has 20 heavy (non-hydrogen) atoms. The van der Waals surface area contributed by atoms with E-state index in [1.54, 1.807) is 0 Å². The van der Waals surface area contributed by atoms with E-state index in [0.717, 1.165) is 6.42 Å². The first-order valence-electron chi connectivity index (χ1n) is 7.24. The Bertz CT molecular complexity index is 638. The summed E-state index contributed by atoms with van der Waals surface area (Å²) in [6.07, 6.45) is 7.33. The Kier molecular flexibility index (Phi) is 3.34. The molecule has 0 N–H and O–H groups in total. The third kappa shape index (κ3) is 2.48. The van der Waals surface area contributed by atoms with E-state index in [4.69, 9.17) is 0 Å². The molecule has 0 aliphatic heterocycles. The molecule has 1 atom stereocenters. The molecule has 0 saturated heterocycles. The predicted octanol–water partition coefficient (Wildman–Crippen LogP) is 4.68. The summed E-state index contributed by atoms with van der Waals surface area (Å²) in [6.45, 7) is 7.37. The van der Waals surface area contributed by atoms with Crippen molar-refractivity contribution in [2.45, 2.75) is 31.6 Å². The second kappa shape index (κ2) is 5.02. The monoisotopic (exact) mass is 279 g/mol. The number of hydrogen-bond donors (Lipinski definition) is 0. The van der Waals surface area contributed by atoms with Crippen molar-refractivity contribution in [3.63, 3.8) is 0 Å². The minimum atomic E-state index is -1.23. The fraction of sp³-hybridized carbons (Fsp3) is 0.278. The van der Waals surface area contributed by atoms with Crippen LogP contribution in [0.5, 0.6) is 0 Å². The van der Waals surface area contributed by atoms with Crippen molar-refractivity contribution in [3.8, 4) is 0 Å². The molecule has 0 spiro atoms. The molecule has 0 amide bonds. The van der Waals surface area contributed by atoms with Crippen LogP contribution in [0.1, 0.15) is 22.2 Å². The number of rotatable bonds is 3. The highest BCUT2D eigenvalue weighted by Crippen LogP contribution is 2.42. The Balaban J connectivity index is 1.99. The van der Waals surface area contributed by atoms with Crippen molar-refractivity contribution in [1.82, 2.24) is 4.98 Å². The summed E-state index contributed by atoms with van der Waals surface area (Å²) < 4.78 is 0. The zero-order valence-electron chi connectivity index (χ0n) is 12.4. The second-order valence-electron chi connectivity index (χ2n) is 6.66. The van der Waals surface area contributed by atoms with Gasteiger partial charge in [-0.25, -0.2) is 0 Å². The number of pyridine rings is 1. The minimum Gasteiger partial charge on any atom is -0.264 e. The molecule has 0 saturated carbocycles. The fourth-order valence-corrected chi connectivity index (χ4v) is 4.92. The Morgan fingerprint density at radius 2 is 1.85 bits per heavy atom. The van der Waals surface area contributed by atoms with Gasteiger partial charge in [0.05, 0.1) is 8.07 Å². The highest BCUT2D eigenvalue weighted by atomic mass is 28.3. The van der Waals surface area contributed by atoms with Crippen molar-refractivity contribution in [3.05, 3.63) is 71.6 Å². The van der Waals surface area contributed by atoms with Crippen LogP contribution < -0.4 is 0 Å². The van der Waals surface area contributed by atoms with Crippen molar-refractivity contribution in [2.75, 3.05) is 0 Å². The number of allylic oxidation sites excluding steroid dienone is 2. The molecule has 1 aliphatic carbocycles. The van der Waals surface area contributed by atoms with Crippen molar-refractivity contribution >= 4 is 13.6 Å². The largest absolute Gasteiger partial charge is 0.264 e. The average molecular weight is 279 g/mol. The SMILES string of the molecule is C[Si](C)(C)C1C=C(Cc2cccnc2)c2ccccc21. The van der Waals surface area contributed by atoms with E-state index < -0.39 is 8.07 Å². The van der Waals surface area contributed by atoms with Crippen molar-refractivity contribution < 1.29 is 0 Å². The molecule has 0 fully saturated rings. The summed E-state index contributed by atoms with van der Waals surface area (Å²) in [6, 6.07) is 13.1. The first-order chi connectivity index (χ1) is 9.55. The van der Waals surface area contributed by atoms with E-state index in [1.807, 2.05) is 18.5 Å². The van der Waals surface area contributed by atoms with Crippen molar-refractivity contribution in [2.24, 2.45) is 0 Å². The van der Waals surface area contributed by atoms with Gasteiger partial charge in [-0.15, -0.1) is 0 Å². The van der Waals surface area contributed by atoms with E-state index in [1.165, 1.54) is 22.3 Å². The normalized spacial score (nSPS) is 17.8.